The zero-order chi connectivity index (χ0) is 15.6. The van der Waals surface area contributed by atoms with E-state index in [9.17, 15) is 14.9 Å². The maximum absolute atomic E-state index is 12.1. The predicted octanol–water partition coefficient (Wildman–Crippen LogP) is 4.08. The number of halogens is 1. The molecule has 0 aliphatic carbocycles. The number of nitro benzene ring substituents is 1. The van der Waals surface area contributed by atoms with Crippen molar-refractivity contribution in [3.8, 4) is 0 Å². The van der Waals surface area contributed by atoms with Crippen molar-refractivity contribution in [2.45, 2.75) is 19.8 Å². The van der Waals surface area contributed by atoms with Crippen LogP contribution in [0, 0.1) is 10.1 Å². The number of hydrogen-bond acceptors (Lipinski definition) is 5. The van der Waals surface area contributed by atoms with Crippen molar-refractivity contribution >= 4 is 39.7 Å². The number of carbonyl (C=O) groups is 1. The van der Waals surface area contributed by atoms with Gasteiger partial charge in [-0.1, -0.05) is 31.5 Å². The molecule has 8 heteroatoms. The summed E-state index contributed by atoms with van der Waals surface area (Å²) in [5.74, 6) is -0.262. The Morgan fingerprint density at radius 2 is 2.19 bits per heavy atom. The zero-order valence-corrected chi connectivity index (χ0v) is 12.9. The Labute approximate surface area is 129 Å². The number of hydrogen-bond donors (Lipinski definition) is 1. The molecular weight excluding hydrogens is 314 g/mol. The second-order valence-electron chi connectivity index (χ2n) is 4.58. The van der Waals surface area contributed by atoms with Crippen molar-refractivity contribution in [1.29, 1.82) is 0 Å². The average molecular weight is 326 g/mol. The van der Waals surface area contributed by atoms with E-state index >= 15 is 0 Å². The van der Waals surface area contributed by atoms with E-state index in [0.29, 0.717) is 5.13 Å². The third-order valence-electron chi connectivity index (χ3n) is 2.75. The van der Waals surface area contributed by atoms with Gasteiger partial charge in [0, 0.05) is 11.4 Å². The smallest absolute Gasteiger partial charge is 0.288 e. The van der Waals surface area contributed by atoms with E-state index in [1.807, 2.05) is 19.2 Å². The van der Waals surface area contributed by atoms with Crippen LogP contribution in [0.3, 0.4) is 0 Å². The first-order chi connectivity index (χ1) is 9.90. The van der Waals surface area contributed by atoms with Gasteiger partial charge in [0.2, 0.25) is 0 Å². The van der Waals surface area contributed by atoms with Gasteiger partial charge in [-0.05, 0) is 12.0 Å². The largest absolute Gasteiger partial charge is 0.298 e. The lowest BCUT2D eigenvalue weighted by atomic mass is 10.2. The molecule has 6 nitrogen and oxygen atoms in total. The number of benzene rings is 1. The van der Waals surface area contributed by atoms with Crippen LogP contribution in [0.5, 0.6) is 0 Å². The molecule has 0 saturated heterocycles. The van der Waals surface area contributed by atoms with Gasteiger partial charge in [0.1, 0.15) is 5.02 Å². The molecule has 1 amide bonds. The van der Waals surface area contributed by atoms with Crippen molar-refractivity contribution in [3.63, 3.8) is 0 Å². The van der Waals surface area contributed by atoms with E-state index in [4.69, 9.17) is 11.6 Å². The van der Waals surface area contributed by atoms with Crippen molar-refractivity contribution in [2.75, 3.05) is 5.32 Å². The van der Waals surface area contributed by atoms with Crippen LogP contribution in [0.1, 0.15) is 35.8 Å². The molecule has 0 bridgehead atoms. The fourth-order valence-corrected chi connectivity index (χ4v) is 2.76. The monoisotopic (exact) mass is 325 g/mol. The van der Waals surface area contributed by atoms with E-state index < -0.39 is 10.8 Å². The zero-order valence-electron chi connectivity index (χ0n) is 11.3. The molecule has 1 aromatic carbocycles. The number of amides is 1. The minimum Gasteiger partial charge on any atom is -0.298 e. The van der Waals surface area contributed by atoms with Crippen LogP contribution in [-0.4, -0.2) is 15.8 Å². The topological polar surface area (TPSA) is 85.1 Å². The molecule has 2 aromatic rings. The molecule has 0 saturated carbocycles. The third-order valence-corrected chi connectivity index (χ3v) is 3.93. The number of carbonyl (C=O) groups excluding carboxylic acids is 1. The Kier molecular flexibility index (Phi) is 4.54. The molecule has 2 rings (SSSR count). The summed E-state index contributed by atoms with van der Waals surface area (Å²) in [5.41, 5.74) is 0.624. The van der Waals surface area contributed by atoms with Crippen LogP contribution in [0.2, 0.25) is 5.02 Å². The van der Waals surface area contributed by atoms with Crippen LogP contribution in [0.15, 0.2) is 23.6 Å². The molecule has 1 N–H and O–H groups in total. The van der Waals surface area contributed by atoms with Gasteiger partial charge >= 0.3 is 0 Å². The summed E-state index contributed by atoms with van der Waals surface area (Å²) in [4.78, 5) is 26.6. The SMILES string of the molecule is CC(C)c1csc(NC(=O)c2cccc([N+](=O)[O-])c2Cl)n1. The highest BCUT2D eigenvalue weighted by Gasteiger charge is 2.20. The van der Waals surface area contributed by atoms with Crippen LogP contribution in [0.25, 0.3) is 0 Å². The number of nitrogens with zero attached hydrogens (tertiary/aromatic N) is 2. The number of rotatable bonds is 4. The maximum Gasteiger partial charge on any atom is 0.288 e. The van der Waals surface area contributed by atoms with E-state index in [0.717, 1.165) is 5.69 Å². The summed E-state index contributed by atoms with van der Waals surface area (Å²) in [6.45, 7) is 4.00. The van der Waals surface area contributed by atoms with Gasteiger partial charge in [-0.3, -0.25) is 20.2 Å². The molecular formula is C13H12ClN3O3S. The minimum absolute atomic E-state index is 0.0483. The number of thiazole rings is 1. The van der Waals surface area contributed by atoms with Crippen molar-refractivity contribution in [2.24, 2.45) is 0 Å². The number of nitrogens with one attached hydrogen (secondary N) is 1. The van der Waals surface area contributed by atoms with Gasteiger partial charge in [0.15, 0.2) is 5.13 Å². The molecule has 0 aliphatic rings. The molecule has 0 atom stereocenters. The summed E-state index contributed by atoms with van der Waals surface area (Å²) in [5, 5.41) is 15.5. The van der Waals surface area contributed by atoms with E-state index in [2.05, 4.69) is 10.3 Å². The van der Waals surface area contributed by atoms with Gasteiger partial charge < -0.3 is 0 Å². The molecule has 0 aliphatic heterocycles. The quantitative estimate of drug-likeness (QED) is 0.678. The second-order valence-corrected chi connectivity index (χ2v) is 5.82. The highest BCUT2D eigenvalue weighted by molar-refractivity contribution is 7.14. The highest BCUT2D eigenvalue weighted by atomic mass is 35.5. The number of aromatic nitrogens is 1. The van der Waals surface area contributed by atoms with Gasteiger partial charge in [-0.25, -0.2) is 4.98 Å². The molecule has 110 valence electrons. The first-order valence-electron chi connectivity index (χ1n) is 6.09. The maximum atomic E-state index is 12.1. The summed E-state index contributed by atoms with van der Waals surface area (Å²) in [6.07, 6.45) is 0. The Balaban J connectivity index is 2.24. The van der Waals surface area contributed by atoms with Crippen molar-refractivity contribution in [1.82, 2.24) is 4.98 Å². The number of anilines is 1. The molecule has 1 heterocycles. The van der Waals surface area contributed by atoms with Crippen LogP contribution in [-0.2, 0) is 0 Å². The van der Waals surface area contributed by atoms with E-state index in [1.54, 1.807) is 0 Å². The standard InChI is InChI=1S/C13H12ClN3O3S/c1-7(2)9-6-21-13(15-9)16-12(18)8-4-3-5-10(11(8)14)17(19)20/h3-7H,1-2H3,(H,15,16,18). The Bertz CT molecular complexity index is 700. The van der Waals surface area contributed by atoms with E-state index in [1.165, 1.54) is 29.5 Å². The minimum atomic E-state index is -0.626. The Morgan fingerprint density at radius 1 is 1.48 bits per heavy atom. The fraction of sp³-hybridized carbons (Fsp3) is 0.231. The van der Waals surface area contributed by atoms with Crippen LogP contribution >= 0.6 is 22.9 Å². The molecule has 1 aromatic heterocycles. The lowest BCUT2D eigenvalue weighted by Crippen LogP contribution is -2.13. The van der Waals surface area contributed by atoms with Gasteiger partial charge in [-0.15, -0.1) is 11.3 Å². The lowest BCUT2D eigenvalue weighted by molar-refractivity contribution is -0.384. The van der Waals surface area contributed by atoms with Crippen LogP contribution < -0.4 is 5.32 Å². The van der Waals surface area contributed by atoms with Gasteiger partial charge in [0.05, 0.1) is 16.2 Å². The first kappa shape index (κ1) is 15.4. The normalized spacial score (nSPS) is 10.7. The molecule has 0 fully saturated rings. The number of nitro groups is 1. The lowest BCUT2D eigenvalue weighted by Gasteiger charge is -2.04. The molecule has 0 unspecified atom stereocenters. The third kappa shape index (κ3) is 3.37. The van der Waals surface area contributed by atoms with Crippen LogP contribution in [0.4, 0.5) is 10.8 Å². The second kappa shape index (κ2) is 6.19. The molecule has 0 radical (unpaired) electrons. The Hall–Kier alpha value is -1.99. The first-order valence-corrected chi connectivity index (χ1v) is 7.35. The van der Waals surface area contributed by atoms with E-state index in [-0.39, 0.29) is 22.2 Å². The summed E-state index contributed by atoms with van der Waals surface area (Å²) >= 11 is 7.20. The highest BCUT2D eigenvalue weighted by Crippen LogP contribution is 2.29. The Morgan fingerprint density at radius 3 is 2.76 bits per heavy atom. The average Bonchev–Trinajstić information content (AvgIpc) is 2.87. The van der Waals surface area contributed by atoms with Gasteiger partial charge in [-0.2, -0.15) is 0 Å². The molecule has 21 heavy (non-hydrogen) atoms. The summed E-state index contributed by atoms with van der Waals surface area (Å²) in [6, 6.07) is 4.10. The van der Waals surface area contributed by atoms with Crippen molar-refractivity contribution in [3.05, 3.63) is 50.0 Å². The van der Waals surface area contributed by atoms with Crippen molar-refractivity contribution < 1.29 is 9.72 Å². The summed E-state index contributed by atoms with van der Waals surface area (Å²) in [7, 11) is 0. The van der Waals surface area contributed by atoms with Gasteiger partial charge in [0.25, 0.3) is 11.6 Å². The predicted molar refractivity (Wildman–Crippen MR) is 82.3 cm³/mol. The fourth-order valence-electron chi connectivity index (χ4n) is 1.61. The molecule has 0 spiro atoms. The summed E-state index contributed by atoms with van der Waals surface area (Å²) < 4.78 is 0.